The molecular formula is C13H18N4O3S. The number of nitrogens with zero attached hydrogens (tertiary/aromatic N) is 3. The standard InChI is InChI=1S/C13H18N4O3S/c1-7-14-11(10-12(15-7)20-8(2)16-10)17-9(5-6-21-4)13(18)19-3/h9H,5-6H2,1-4H3,(H,14,15,17)/t9-/m1/s1. The second kappa shape index (κ2) is 6.75. The number of hydrogen-bond donors (Lipinski definition) is 1. The summed E-state index contributed by atoms with van der Waals surface area (Å²) in [6.45, 7) is 3.50. The number of carbonyl (C=O) groups excluding carboxylic acids is 1. The van der Waals surface area contributed by atoms with E-state index in [-0.39, 0.29) is 5.97 Å². The molecule has 114 valence electrons. The SMILES string of the molecule is COC(=O)[C@@H](CCSC)Nc1nc(C)nc2oc(C)nc12. The van der Waals surface area contributed by atoms with Crippen LogP contribution in [0.3, 0.4) is 0 Å². The fourth-order valence-electron chi connectivity index (χ4n) is 1.93. The van der Waals surface area contributed by atoms with E-state index in [9.17, 15) is 4.79 Å². The average Bonchev–Trinajstić information content (AvgIpc) is 2.82. The fraction of sp³-hybridized carbons (Fsp3) is 0.538. The van der Waals surface area contributed by atoms with Crippen LogP contribution in [-0.2, 0) is 9.53 Å². The minimum absolute atomic E-state index is 0.325. The Morgan fingerprint density at radius 3 is 2.81 bits per heavy atom. The molecule has 0 aromatic carbocycles. The second-order valence-electron chi connectivity index (χ2n) is 4.51. The summed E-state index contributed by atoms with van der Waals surface area (Å²) in [5.41, 5.74) is 0.937. The monoisotopic (exact) mass is 310 g/mol. The van der Waals surface area contributed by atoms with E-state index >= 15 is 0 Å². The number of nitrogens with one attached hydrogen (secondary N) is 1. The number of methoxy groups -OCH3 is 1. The van der Waals surface area contributed by atoms with Gasteiger partial charge in [0.05, 0.1) is 7.11 Å². The van der Waals surface area contributed by atoms with Gasteiger partial charge in [-0.2, -0.15) is 16.7 Å². The van der Waals surface area contributed by atoms with E-state index in [1.165, 1.54) is 7.11 Å². The number of aryl methyl sites for hydroxylation is 2. The molecule has 2 rings (SSSR count). The van der Waals surface area contributed by atoms with Crippen molar-refractivity contribution in [2.75, 3.05) is 24.4 Å². The topological polar surface area (TPSA) is 90.1 Å². The van der Waals surface area contributed by atoms with Crippen molar-refractivity contribution in [3.8, 4) is 0 Å². The molecule has 0 fully saturated rings. The van der Waals surface area contributed by atoms with Gasteiger partial charge in [-0.25, -0.2) is 14.8 Å². The lowest BCUT2D eigenvalue weighted by atomic mass is 10.2. The summed E-state index contributed by atoms with van der Waals surface area (Å²) in [6.07, 6.45) is 2.62. The molecule has 0 spiro atoms. The molecule has 0 aliphatic carbocycles. The van der Waals surface area contributed by atoms with E-state index in [4.69, 9.17) is 9.15 Å². The molecule has 2 aromatic rings. The highest BCUT2D eigenvalue weighted by Crippen LogP contribution is 2.22. The highest BCUT2D eigenvalue weighted by atomic mass is 32.2. The molecule has 0 radical (unpaired) electrons. The lowest BCUT2D eigenvalue weighted by molar-refractivity contribution is -0.141. The third kappa shape index (κ3) is 3.63. The third-order valence-corrected chi connectivity index (χ3v) is 3.53. The quantitative estimate of drug-likeness (QED) is 0.810. The number of thioether (sulfide) groups is 1. The number of esters is 1. The van der Waals surface area contributed by atoms with Gasteiger partial charge < -0.3 is 14.5 Å². The summed E-state index contributed by atoms with van der Waals surface area (Å²) >= 11 is 1.66. The summed E-state index contributed by atoms with van der Waals surface area (Å²) < 4.78 is 10.2. The Labute approximate surface area is 126 Å². The van der Waals surface area contributed by atoms with Crippen LogP contribution in [0.15, 0.2) is 4.42 Å². The van der Waals surface area contributed by atoms with E-state index in [0.29, 0.717) is 35.2 Å². The molecule has 21 heavy (non-hydrogen) atoms. The van der Waals surface area contributed by atoms with E-state index in [1.807, 2.05) is 6.26 Å². The third-order valence-electron chi connectivity index (χ3n) is 2.88. The molecule has 2 aromatic heterocycles. The van der Waals surface area contributed by atoms with Crippen molar-refractivity contribution < 1.29 is 13.9 Å². The number of fused-ring (bicyclic) bond motifs is 1. The molecule has 0 bridgehead atoms. The Morgan fingerprint density at radius 2 is 2.14 bits per heavy atom. The Kier molecular flexibility index (Phi) is 5.00. The van der Waals surface area contributed by atoms with Crippen molar-refractivity contribution >= 4 is 34.8 Å². The molecular weight excluding hydrogens is 292 g/mol. The molecule has 0 amide bonds. The van der Waals surface area contributed by atoms with Gasteiger partial charge in [-0.3, -0.25) is 0 Å². The number of anilines is 1. The predicted molar refractivity (Wildman–Crippen MR) is 81.5 cm³/mol. The Hall–Kier alpha value is -1.83. The molecule has 2 heterocycles. The molecule has 0 saturated carbocycles. The van der Waals surface area contributed by atoms with Gasteiger partial charge in [-0.1, -0.05) is 0 Å². The predicted octanol–water partition coefficient (Wildman–Crippen LogP) is 1.94. The highest BCUT2D eigenvalue weighted by molar-refractivity contribution is 7.98. The van der Waals surface area contributed by atoms with Crippen LogP contribution in [0.25, 0.3) is 11.2 Å². The minimum Gasteiger partial charge on any atom is -0.467 e. The molecule has 1 atom stereocenters. The van der Waals surface area contributed by atoms with Crippen LogP contribution < -0.4 is 5.32 Å². The number of hydrogen-bond acceptors (Lipinski definition) is 8. The highest BCUT2D eigenvalue weighted by Gasteiger charge is 2.22. The van der Waals surface area contributed by atoms with Gasteiger partial charge in [0.15, 0.2) is 17.2 Å². The Bertz CT molecular complexity index is 644. The average molecular weight is 310 g/mol. The van der Waals surface area contributed by atoms with Gasteiger partial charge in [0, 0.05) is 6.92 Å². The maximum atomic E-state index is 11.9. The van der Waals surface area contributed by atoms with Crippen LogP contribution in [0.2, 0.25) is 0 Å². The first-order valence-electron chi connectivity index (χ1n) is 6.50. The smallest absolute Gasteiger partial charge is 0.328 e. The van der Waals surface area contributed by atoms with E-state index in [1.54, 1.807) is 25.6 Å². The van der Waals surface area contributed by atoms with Gasteiger partial charge in [-0.15, -0.1) is 0 Å². The first kappa shape index (κ1) is 15.6. The zero-order valence-electron chi connectivity index (χ0n) is 12.5. The van der Waals surface area contributed by atoms with Crippen molar-refractivity contribution in [1.29, 1.82) is 0 Å². The van der Waals surface area contributed by atoms with Gasteiger partial charge >= 0.3 is 5.97 Å². The molecule has 0 aliphatic rings. The van der Waals surface area contributed by atoms with Crippen molar-refractivity contribution in [2.45, 2.75) is 26.3 Å². The Morgan fingerprint density at radius 1 is 1.38 bits per heavy atom. The maximum Gasteiger partial charge on any atom is 0.328 e. The number of aromatic nitrogens is 3. The normalized spacial score (nSPS) is 12.4. The van der Waals surface area contributed by atoms with Crippen molar-refractivity contribution in [3.63, 3.8) is 0 Å². The van der Waals surface area contributed by atoms with Crippen molar-refractivity contribution in [2.24, 2.45) is 0 Å². The Balaban J connectivity index is 2.33. The van der Waals surface area contributed by atoms with Crippen LogP contribution >= 0.6 is 11.8 Å². The lowest BCUT2D eigenvalue weighted by Crippen LogP contribution is -2.32. The van der Waals surface area contributed by atoms with Crippen LogP contribution in [0, 0.1) is 13.8 Å². The summed E-state index contributed by atoms with van der Waals surface area (Å²) in [5.74, 6) is 2.05. The molecule has 8 heteroatoms. The summed E-state index contributed by atoms with van der Waals surface area (Å²) in [7, 11) is 1.37. The van der Waals surface area contributed by atoms with Crippen LogP contribution in [-0.4, -0.2) is 46.1 Å². The summed E-state index contributed by atoms with van der Waals surface area (Å²) in [4.78, 5) is 24.6. The largest absolute Gasteiger partial charge is 0.467 e. The number of ether oxygens (including phenoxy) is 1. The van der Waals surface area contributed by atoms with E-state index in [0.717, 1.165) is 5.75 Å². The number of oxazole rings is 1. The fourth-order valence-corrected chi connectivity index (χ4v) is 2.40. The van der Waals surface area contributed by atoms with E-state index < -0.39 is 6.04 Å². The first-order valence-corrected chi connectivity index (χ1v) is 7.89. The number of rotatable bonds is 6. The van der Waals surface area contributed by atoms with Crippen molar-refractivity contribution in [3.05, 3.63) is 11.7 Å². The van der Waals surface area contributed by atoms with Crippen LogP contribution in [0.4, 0.5) is 5.82 Å². The van der Waals surface area contributed by atoms with Gasteiger partial charge in [0.2, 0.25) is 0 Å². The molecule has 0 saturated heterocycles. The lowest BCUT2D eigenvalue weighted by Gasteiger charge is -2.16. The summed E-state index contributed by atoms with van der Waals surface area (Å²) in [5, 5.41) is 3.10. The molecule has 7 nitrogen and oxygen atoms in total. The number of carbonyl (C=O) groups is 1. The minimum atomic E-state index is -0.475. The molecule has 0 aliphatic heterocycles. The van der Waals surface area contributed by atoms with Crippen LogP contribution in [0.1, 0.15) is 18.1 Å². The summed E-state index contributed by atoms with van der Waals surface area (Å²) in [6, 6.07) is -0.475. The van der Waals surface area contributed by atoms with Crippen LogP contribution in [0.5, 0.6) is 0 Å². The zero-order chi connectivity index (χ0) is 15.4. The van der Waals surface area contributed by atoms with Crippen molar-refractivity contribution in [1.82, 2.24) is 15.0 Å². The molecule has 0 unspecified atom stereocenters. The maximum absolute atomic E-state index is 11.9. The van der Waals surface area contributed by atoms with E-state index in [2.05, 4.69) is 20.3 Å². The molecule has 1 N–H and O–H groups in total. The first-order chi connectivity index (χ1) is 10.0. The second-order valence-corrected chi connectivity index (χ2v) is 5.49. The van der Waals surface area contributed by atoms with Gasteiger partial charge in [0.25, 0.3) is 5.71 Å². The van der Waals surface area contributed by atoms with Gasteiger partial charge in [-0.05, 0) is 25.4 Å². The zero-order valence-corrected chi connectivity index (χ0v) is 13.3. The van der Waals surface area contributed by atoms with Gasteiger partial charge in [0.1, 0.15) is 11.9 Å².